The van der Waals surface area contributed by atoms with Gasteiger partial charge < -0.3 is 9.15 Å². The highest BCUT2D eigenvalue weighted by Crippen LogP contribution is 2.25. The molecule has 1 aromatic heterocycles. The monoisotopic (exact) mass is 300 g/mol. The molecule has 1 aliphatic rings. The van der Waals surface area contributed by atoms with E-state index in [1.807, 2.05) is 19.1 Å². The van der Waals surface area contributed by atoms with Crippen molar-refractivity contribution in [2.45, 2.75) is 46.4 Å². The summed E-state index contributed by atoms with van der Waals surface area (Å²) in [7, 11) is 0. The number of rotatable bonds is 3. The van der Waals surface area contributed by atoms with Crippen LogP contribution in [0.3, 0.4) is 0 Å². The fourth-order valence-corrected chi connectivity index (χ4v) is 3.13. The van der Waals surface area contributed by atoms with Crippen LogP contribution in [0.1, 0.15) is 30.9 Å². The van der Waals surface area contributed by atoms with Crippen LogP contribution >= 0.6 is 0 Å². The lowest BCUT2D eigenvalue weighted by Gasteiger charge is -2.34. The Morgan fingerprint density at radius 2 is 1.82 bits per heavy atom. The van der Waals surface area contributed by atoms with E-state index in [0.717, 1.165) is 42.5 Å². The maximum Gasteiger partial charge on any atom is 0.226 e. The molecule has 4 nitrogen and oxygen atoms in total. The number of hydrogen-bond donors (Lipinski definition) is 0. The minimum Gasteiger partial charge on any atom is -0.441 e. The van der Waals surface area contributed by atoms with Gasteiger partial charge >= 0.3 is 0 Å². The van der Waals surface area contributed by atoms with Crippen LogP contribution < -0.4 is 0 Å². The summed E-state index contributed by atoms with van der Waals surface area (Å²) in [6.45, 7) is 11.0. The molecule has 22 heavy (non-hydrogen) atoms. The molecule has 1 fully saturated rings. The zero-order valence-corrected chi connectivity index (χ0v) is 13.8. The van der Waals surface area contributed by atoms with Crippen molar-refractivity contribution in [1.82, 2.24) is 9.88 Å². The van der Waals surface area contributed by atoms with Gasteiger partial charge in [0.1, 0.15) is 5.76 Å². The Bertz CT molecular complexity index is 640. The average molecular weight is 300 g/mol. The molecule has 2 atom stereocenters. The molecule has 3 rings (SSSR count). The van der Waals surface area contributed by atoms with Crippen molar-refractivity contribution < 1.29 is 9.15 Å². The number of ether oxygens (including phenoxy) is 1. The second kappa shape index (κ2) is 6.23. The summed E-state index contributed by atoms with van der Waals surface area (Å²) in [5.74, 6) is 1.63. The fourth-order valence-electron chi connectivity index (χ4n) is 3.13. The quantitative estimate of drug-likeness (QED) is 0.868. The lowest BCUT2D eigenvalue weighted by Crippen LogP contribution is -2.44. The molecule has 0 amide bonds. The van der Waals surface area contributed by atoms with Crippen LogP contribution in [0, 0.1) is 13.8 Å². The highest BCUT2D eigenvalue weighted by molar-refractivity contribution is 5.58. The summed E-state index contributed by atoms with van der Waals surface area (Å²) in [5, 5.41) is 0. The lowest BCUT2D eigenvalue weighted by molar-refractivity contribution is -0.0708. The summed E-state index contributed by atoms with van der Waals surface area (Å²) in [6, 6.07) is 8.20. The van der Waals surface area contributed by atoms with E-state index in [0.29, 0.717) is 0 Å². The van der Waals surface area contributed by atoms with Gasteiger partial charge in [0, 0.05) is 25.2 Å². The molecule has 1 saturated heterocycles. The van der Waals surface area contributed by atoms with Crippen molar-refractivity contribution in [3.05, 3.63) is 41.3 Å². The molecular weight excluding hydrogens is 276 g/mol. The topological polar surface area (TPSA) is 38.5 Å². The Morgan fingerprint density at radius 1 is 1.14 bits per heavy atom. The molecule has 0 unspecified atom stereocenters. The Hall–Kier alpha value is -1.65. The Kier molecular flexibility index (Phi) is 4.32. The minimum absolute atomic E-state index is 0.270. The Morgan fingerprint density at radius 3 is 2.50 bits per heavy atom. The lowest BCUT2D eigenvalue weighted by atomic mass is 10.1. The van der Waals surface area contributed by atoms with Gasteiger partial charge in [-0.3, -0.25) is 4.90 Å². The van der Waals surface area contributed by atoms with Crippen LogP contribution in [0.5, 0.6) is 0 Å². The Balaban J connectivity index is 1.80. The van der Waals surface area contributed by atoms with Crippen molar-refractivity contribution in [3.63, 3.8) is 0 Å². The number of oxazole rings is 1. The van der Waals surface area contributed by atoms with Crippen molar-refractivity contribution in [1.29, 1.82) is 0 Å². The van der Waals surface area contributed by atoms with Gasteiger partial charge in [0.05, 0.1) is 17.9 Å². The molecule has 1 aliphatic heterocycles. The number of hydrogen-bond acceptors (Lipinski definition) is 4. The molecule has 0 radical (unpaired) electrons. The van der Waals surface area contributed by atoms with E-state index < -0.39 is 0 Å². The van der Waals surface area contributed by atoms with E-state index in [-0.39, 0.29) is 12.2 Å². The first-order valence-corrected chi connectivity index (χ1v) is 7.93. The van der Waals surface area contributed by atoms with Gasteiger partial charge in [0.15, 0.2) is 0 Å². The number of benzene rings is 1. The van der Waals surface area contributed by atoms with E-state index in [9.17, 15) is 0 Å². The third-order valence-electron chi connectivity index (χ3n) is 4.14. The zero-order valence-electron chi connectivity index (χ0n) is 13.8. The third kappa shape index (κ3) is 3.23. The van der Waals surface area contributed by atoms with Gasteiger partial charge in [-0.25, -0.2) is 4.98 Å². The van der Waals surface area contributed by atoms with Crippen LogP contribution in [-0.2, 0) is 11.3 Å². The summed E-state index contributed by atoms with van der Waals surface area (Å²) < 4.78 is 11.7. The molecule has 1 aromatic carbocycles. The third-order valence-corrected chi connectivity index (χ3v) is 4.14. The van der Waals surface area contributed by atoms with Gasteiger partial charge in [0.25, 0.3) is 0 Å². The molecule has 2 aromatic rings. The molecule has 0 spiro atoms. The van der Waals surface area contributed by atoms with E-state index in [1.54, 1.807) is 0 Å². The predicted octanol–water partition coefficient (Wildman–Crippen LogP) is 3.57. The molecule has 0 N–H and O–H groups in total. The molecule has 0 aliphatic carbocycles. The van der Waals surface area contributed by atoms with Crippen molar-refractivity contribution in [2.24, 2.45) is 0 Å². The second-order valence-corrected chi connectivity index (χ2v) is 6.29. The number of aryl methyl sites for hydroxylation is 2. The first-order valence-electron chi connectivity index (χ1n) is 7.93. The van der Waals surface area contributed by atoms with Gasteiger partial charge in [-0.1, -0.05) is 18.2 Å². The maximum absolute atomic E-state index is 5.91. The first kappa shape index (κ1) is 15.3. The van der Waals surface area contributed by atoms with Gasteiger partial charge in [0.2, 0.25) is 5.89 Å². The standard InChI is InChI=1S/C18H24N2O2/c1-12-7-5-6-8-16(12)18-19-17(15(4)22-18)11-20-9-13(2)21-14(3)10-20/h5-8,13-14H,9-11H2,1-4H3/t13-,14+. The molecule has 0 bridgehead atoms. The highest BCUT2D eigenvalue weighted by Gasteiger charge is 2.24. The zero-order chi connectivity index (χ0) is 15.7. The summed E-state index contributed by atoms with van der Waals surface area (Å²) in [5.41, 5.74) is 3.28. The van der Waals surface area contributed by atoms with Crippen molar-refractivity contribution in [3.8, 4) is 11.5 Å². The van der Waals surface area contributed by atoms with E-state index in [1.165, 1.54) is 5.56 Å². The molecule has 118 valence electrons. The van der Waals surface area contributed by atoms with E-state index in [2.05, 4.69) is 37.8 Å². The fraction of sp³-hybridized carbons (Fsp3) is 0.500. The summed E-state index contributed by atoms with van der Waals surface area (Å²) >= 11 is 0. The molecule has 4 heteroatoms. The number of nitrogens with zero attached hydrogens (tertiary/aromatic N) is 2. The van der Waals surface area contributed by atoms with E-state index in [4.69, 9.17) is 14.1 Å². The van der Waals surface area contributed by atoms with E-state index >= 15 is 0 Å². The molecule has 0 saturated carbocycles. The van der Waals surface area contributed by atoms with Crippen LogP contribution in [0.2, 0.25) is 0 Å². The molecule has 2 heterocycles. The second-order valence-electron chi connectivity index (χ2n) is 6.29. The van der Waals surface area contributed by atoms with Crippen LogP contribution in [0.15, 0.2) is 28.7 Å². The predicted molar refractivity (Wildman–Crippen MR) is 86.7 cm³/mol. The van der Waals surface area contributed by atoms with Crippen molar-refractivity contribution >= 4 is 0 Å². The smallest absolute Gasteiger partial charge is 0.226 e. The SMILES string of the molecule is Cc1ccccc1-c1nc(CN2C[C@@H](C)O[C@@H](C)C2)c(C)o1. The summed E-state index contributed by atoms with van der Waals surface area (Å²) in [4.78, 5) is 7.13. The van der Waals surface area contributed by atoms with Crippen LogP contribution in [-0.4, -0.2) is 35.2 Å². The van der Waals surface area contributed by atoms with Crippen molar-refractivity contribution in [2.75, 3.05) is 13.1 Å². The number of aromatic nitrogens is 1. The average Bonchev–Trinajstić information content (AvgIpc) is 2.79. The van der Waals surface area contributed by atoms with Gasteiger partial charge in [-0.15, -0.1) is 0 Å². The van der Waals surface area contributed by atoms with Crippen LogP contribution in [0.25, 0.3) is 11.5 Å². The normalized spacial score (nSPS) is 22.9. The summed E-state index contributed by atoms with van der Waals surface area (Å²) in [6.07, 6.45) is 0.540. The number of morpholine rings is 1. The van der Waals surface area contributed by atoms with Gasteiger partial charge in [-0.2, -0.15) is 0 Å². The maximum atomic E-state index is 5.91. The largest absolute Gasteiger partial charge is 0.441 e. The highest BCUT2D eigenvalue weighted by atomic mass is 16.5. The minimum atomic E-state index is 0.270. The van der Waals surface area contributed by atoms with Crippen LogP contribution in [0.4, 0.5) is 0 Å². The first-order chi connectivity index (χ1) is 10.5. The molecular formula is C18H24N2O2. The Labute approximate surface area is 132 Å². The van der Waals surface area contributed by atoms with Gasteiger partial charge in [-0.05, 0) is 39.3 Å².